The highest BCUT2D eigenvalue weighted by atomic mass is 16.6. The van der Waals surface area contributed by atoms with Crippen molar-refractivity contribution in [2.45, 2.75) is 58.7 Å². The molecule has 2 rings (SSSR count). The van der Waals surface area contributed by atoms with Gasteiger partial charge in [0.05, 0.1) is 13.2 Å². The molecule has 6 heteroatoms. The summed E-state index contributed by atoms with van der Waals surface area (Å²) in [5.41, 5.74) is 0.613. The number of carbonyl (C=O) groups is 2. The number of hydrogen-bond acceptors (Lipinski definition) is 5. The van der Waals surface area contributed by atoms with Crippen molar-refractivity contribution in [3.05, 3.63) is 35.9 Å². The predicted octanol–water partition coefficient (Wildman–Crippen LogP) is 3.45. The maximum Gasteiger partial charge on any atom is 0.410 e. The molecule has 0 saturated carbocycles. The van der Waals surface area contributed by atoms with Crippen molar-refractivity contribution in [3.63, 3.8) is 0 Å². The molecule has 0 N–H and O–H groups in total. The molecule has 27 heavy (non-hydrogen) atoms. The Balaban J connectivity index is 2.05. The summed E-state index contributed by atoms with van der Waals surface area (Å²) in [5, 5.41) is 0. The maximum absolute atomic E-state index is 12.5. The minimum atomic E-state index is -0.515. The van der Waals surface area contributed by atoms with Crippen molar-refractivity contribution in [1.29, 1.82) is 0 Å². The van der Waals surface area contributed by atoms with Gasteiger partial charge in [0.1, 0.15) is 5.60 Å². The van der Waals surface area contributed by atoms with E-state index >= 15 is 0 Å². The van der Waals surface area contributed by atoms with Gasteiger partial charge in [-0.1, -0.05) is 30.3 Å². The van der Waals surface area contributed by atoms with E-state index in [0.717, 1.165) is 18.4 Å². The van der Waals surface area contributed by atoms with Gasteiger partial charge in [0.25, 0.3) is 0 Å². The van der Waals surface area contributed by atoms with Crippen LogP contribution in [0.4, 0.5) is 4.79 Å². The van der Waals surface area contributed by atoms with Crippen molar-refractivity contribution in [3.8, 4) is 0 Å². The Labute approximate surface area is 162 Å². The number of nitrogens with zero attached hydrogens (tertiary/aromatic N) is 2. The van der Waals surface area contributed by atoms with Gasteiger partial charge < -0.3 is 14.4 Å². The zero-order valence-corrected chi connectivity index (χ0v) is 16.9. The molecule has 0 spiro atoms. The highest BCUT2D eigenvalue weighted by Crippen LogP contribution is 2.22. The average Bonchev–Trinajstić information content (AvgIpc) is 3.02. The molecule has 1 saturated heterocycles. The van der Waals surface area contributed by atoms with Gasteiger partial charge in [0.2, 0.25) is 0 Å². The summed E-state index contributed by atoms with van der Waals surface area (Å²) in [4.78, 5) is 28.4. The molecule has 150 valence electrons. The Hall–Kier alpha value is -2.08. The zero-order chi connectivity index (χ0) is 19.9. The fourth-order valence-electron chi connectivity index (χ4n) is 3.30. The van der Waals surface area contributed by atoms with Crippen molar-refractivity contribution in [2.24, 2.45) is 0 Å². The van der Waals surface area contributed by atoms with Crippen LogP contribution in [0.15, 0.2) is 30.3 Å². The van der Waals surface area contributed by atoms with E-state index in [1.54, 1.807) is 11.8 Å². The summed E-state index contributed by atoms with van der Waals surface area (Å²) in [6.45, 7) is 9.95. The van der Waals surface area contributed by atoms with Gasteiger partial charge in [-0.15, -0.1) is 0 Å². The van der Waals surface area contributed by atoms with Gasteiger partial charge in [-0.3, -0.25) is 9.69 Å². The zero-order valence-electron chi connectivity index (χ0n) is 16.9. The first-order chi connectivity index (χ1) is 12.8. The molecule has 6 nitrogen and oxygen atoms in total. The second-order valence-electron chi connectivity index (χ2n) is 7.93. The van der Waals surface area contributed by atoms with Crippen LogP contribution in [-0.4, -0.2) is 59.7 Å². The van der Waals surface area contributed by atoms with Gasteiger partial charge in [-0.25, -0.2) is 4.79 Å². The van der Waals surface area contributed by atoms with Gasteiger partial charge >= 0.3 is 12.1 Å². The smallest absolute Gasteiger partial charge is 0.410 e. The summed E-state index contributed by atoms with van der Waals surface area (Å²) < 4.78 is 10.7. The molecule has 0 bridgehead atoms. The Morgan fingerprint density at radius 2 is 1.93 bits per heavy atom. The molecule has 0 aliphatic carbocycles. The van der Waals surface area contributed by atoms with E-state index in [-0.39, 0.29) is 24.6 Å². The van der Waals surface area contributed by atoms with Crippen LogP contribution in [0.5, 0.6) is 0 Å². The Morgan fingerprint density at radius 3 is 2.56 bits per heavy atom. The third-order valence-electron chi connectivity index (χ3n) is 4.38. The lowest BCUT2D eigenvalue weighted by Gasteiger charge is -2.32. The predicted molar refractivity (Wildman–Crippen MR) is 104 cm³/mol. The summed E-state index contributed by atoms with van der Waals surface area (Å²) in [6, 6.07) is 10.1. The van der Waals surface area contributed by atoms with E-state index in [9.17, 15) is 9.59 Å². The number of hydrogen-bond donors (Lipinski definition) is 0. The van der Waals surface area contributed by atoms with Gasteiger partial charge in [-0.05, 0) is 46.1 Å². The number of amides is 1. The van der Waals surface area contributed by atoms with Crippen LogP contribution < -0.4 is 0 Å². The van der Waals surface area contributed by atoms with Crippen molar-refractivity contribution in [1.82, 2.24) is 9.80 Å². The summed E-state index contributed by atoms with van der Waals surface area (Å²) in [5.74, 6) is -0.241. The second-order valence-corrected chi connectivity index (χ2v) is 7.93. The monoisotopic (exact) mass is 376 g/mol. The highest BCUT2D eigenvalue weighted by molar-refractivity contribution is 5.71. The molecule has 1 aromatic rings. The molecule has 1 amide bonds. The number of ether oxygens (including phenoxy) is 2. The third kappa shape index (κ3) is 7.21. The molecule has 1 heterocycles. The first-order valence-corrected chi connectivity index (χ1v) is 9.70. The standard InChI is InChI=1S/C21H32N2O4/c1-5-26-19(24)16-22(14-17-10-7-6-8-11-17)15-18-12-9-13-23(18)20(25)27-21(2,3)4/h6-8,10-11,18H,5,9,12-16H2,1-4H3. The number of rotatable bonds is 7. The van der Waals surface area contributed by atoms with E-state index in [1.807, 2.05) is 51.1 Å². The van der Waals surface area contributed by atoms with E-state index in [1.165, 1.54) is 0 Å². The van der Waals surface area contributed by atoms with Crippen LogP contribution in [0.25, 0.3) is 0 Å². The molecular formula is C21H32N2O4. The molecule has 1 aliphatic rings. The van der Waals surface area contributed by atoms with Gasteiger partial charge in [0, 0.05) is 25.7 Å². The SMILES string of the molecule is CCOC(=O)CN(Cc1ccccc1)CC1CCCN1C(=O)OC(C)(C)C. The summed E-state index contributed by atoms with van der Waals surface area (Å²) >= 11 is 0. The summed E-state index contributed by atoms with van der Waals surface area (Å²) in [6.07, 6.45) is 1.58. The van der Waals surface area contributed by atoms with Crippen LogP contribution in [0.1, 0.15) is 46.1 Å². The van der Waals surface area contributed by atoms with Crippen LogP contribution >= 0.6 is 0 Å². The van der Waals surface area contributed by atoms with Crippen molar-refractivity contribution < 1.29 is 19.1 Å². The molecule has 1 fully saturated rings. The van der Waals surface area contributed by atoms with E-state index in [2.05, 4.69) is 4.90 Å². The molecule has 0 radical (unpaired) electrons. The van der Waals surface area contributed by atoms with Crippen molar-refractivity contribution >= 4 is 12.1 Å². The minimum Gasteiger partial charge on any atom is -0.465 e. The molecule has 1 atom stereocenters. The Morgan fingerprint density at radius 1 is 1.22 bits per heavy atom. The largest absolute Gasteiger partial charge is 0.465 e. The first kappa shape index (κ1) is 21.2. The van der Waals surface area contributed by atoms with Crippen LogP contribution in [0.2, 0.25) is 0 Å². The normalized spacial score (nSPS) is 17.2. The third-order valence-corrected chi connectivity index (χ3v) is 4.38. The van der Waals surface area contributed by atoms with Crippen LogP contribution in [0.3, 0.4) is 0 Å². The molecule has 1 aliphatic heterocycles. The number of benzene rings is 1. The quantitative estimate of drug-likeness (QED) is 0.682. The fourth-order valence-corrected chi connectivity index (χ4v) is 3.30. The number of esters is 1. The van der Waals surface area contributed by atoms with Crippen LogP contribution in [-0.2, 0) is 20.8 Å². The van der Waals surface area contributed by atoms with Gasteiger partial charge in [-0.2, -0.15) is 0 Å². The molecular weight excluding hydrogens is 344 g/mol. The summed E-state index contributed by atoms with van der Waals surface area (Å²) in [7, 11) is 0. The van der Waals surface area contributed by atoms with E-state index < -0.39 is 5.60 Å². The highest BCUT2D eigenvalue weighted by Gasteiger charge is 2.33. The number of likely N-dealkylation sites (tertiary alicyclic amines) is 1. The van der Waals surface area contributed by atoms with Crippen molar-refractivity contribution in [2.75, 3.05) is 26.2 Å². The Bertz CT molecular complexity index is 612. The lowest BCUT2D eigenvalue weighted by Crippen LogP contribution is -2.46. The van der Waals surface area contributed by atoms with Crippen LogP contribution in [0, 0.1) is 0 Å². The minimum absolute atomic E-state index is 0.0398. The second kappa shape index (κ2) is 9.74. The fraction of sp³-hybridized carbons (Fsp3) is 0.619. The number of carbonyl (C=O) groups excluding carboxylic acids is 2. The average molecular weight is 376 g/mol. The van der Waals surface area contributed by atoms with E-state index in [4.69, 9.17) is 9.47 Å². The maximum atomic E-state index is 12.5. The Kier molecular flexibility index (Phi) is 7.66. The lowest BCUT2D eigenvalue weighted by atomic mass is 10.1. The van der Waals surface area contributed by atoms with Gasteiger partial charge in [0.15, 0.2) is 0 Å². The molecule has 0 aromatic heterocycles. The molecule has 1 aromatic carbocycles. The lowest BCUT2D eigenvalue weighted by molar-refractivity contribution is -0.144. The first-order valence-electron chi connectivity index (χ1n) is 9.70. The van der Waals surface area contributed by atoms with E-state index in [0.29, 0.717) is 26.2 Å². The topological polar surface area (TPSA) is 59.1 Å². The molecule has 1 unspecified atom stereocenters.